The summed E-state index contributed by atoms with van der Waals surface area (Å²) in [5.74, 6) is 0.0731. The van der Waals surface area contributed by atoms with Crippen LogP contribution in [0.2, 0.25) is 0 Å². The van der Waals surface area contributed by atoms with Gasteiger partial charge in [-0.1, -0.05) is 13.8 Å². The molecular formula is C44H58FN13O4. The summed E-state index contributed by atoms with van der Waals surface area (Å²) in [6.45, 7) is 10.6. The average molecular weight is 852 g/mol. The molecule has 18 heteroatoms. The van der Waals surface area contributed by atoms with E-state index in [2.05, 4.69) is 40.1 Å². The summed E-state index contributed by atoms with van der Waals surface area (Å²) in [5, 5.41) is 18.6. The number of imidazole rings is 1. The molecule has 62 heavy (non-hydrogen) atoms. The number of aromatic nitrogens is 5. The Morgan fingerprint density at radius 1 is 1.13 bits per heavy atom. The Kier molecular flexibility index (Phi) is 13.1. The number of carbonyl (C=O) groups excluding carboxylic acids is 3. The molecule has 2 bridgehead atoms. The topological polar surface area (TPSA) is 233 Å². The van der Waals surface area contributed by atoms with Gasteiger partial charge in [-0.25, -0.2) is 14.4 Å². The molecule has 3 aromatic heterocycles. The van der Waals surface area contributed by atoms with Crippen molar-refractivity contribution in [2.75, 3.05) is 51.2 Å². The number of nitriles is 1. The number of carbonyl (C=O) groups is 3. The summed E-state index contributed by atoms with van der Waals surface area (Å²) in [7, 11) is 1.64. The van der Waals surface area contributed by atoms with Gasteiger partial charge in [-0.2, -0.15) is 10.4 Å². The molecule has 3 amide bonds. The molecule has 3 atom stereocenters. The first-order valence-electron chi connectivity index (χ1n) is 21.4. The van der Waals surface area contributed by atoms with Gasteiger partial charge in [0.15, 0.2) is 17.5 Å². The van der Waals surface area contributed by atoms with Crippen molar-refractivity contribution in [3.63, 3.8) is 0 Å². The van der Waals surface area contributed by atoms with E-state index in [0.717, 1.165) is 25.9 Å². The van der Waals surface area contributed by atoms with Crippen molar-refractivity contribution in [1.82, 2.24) is 44.3 Å². The van der Waals surface area contributed by atoms with Crippen LogP contribution in [0.25, 0.3) is 11.1 Å². The molecule has 0 radical (unpaired) electrons. The van der Waals surface area contributed by atoms with Gasteiger partial charge >= 0.3 is 0 Å². The minimum absolute atomic E-state index is 0.0505. The highest BCUT2D eigenvalue weighted by atomic mass is 19.1. The minimum Gasteiger partial charge on any atom is -0.482 e. The lowest BCUT2D eigenvalue weighted by Crippen LogP contribution is -2.50. The van der Waals surface area contributed by atoms with E-state index in [1.165, 1.54) is 23.1 Å². The second-order valence-electron chi connectivity index (χ2n) is 17.7. The summed E-state index contributed by atoms with van der Waals surface area (Å²) >= 11 is 0. The number of likely N-dealkylation sites (tertiary alicyclic amines) is 2. The van der Waals surface area contributed by atoms with Crippen molar-refractivity contribution >= 4 is 29.5 Å². The zero-order valence-corrected chi connectivity index (χ0v) is 36.0. The second-order valence-corrected chi connectivity index (χ2v) is 17.7. The van der Waals surface area contributed by atoms with Crippen molar-refractivity contribution in [2.24, 2.45) is 17.1 Å². The first-order chi connectivity index (χ1) is 29.6. The zero-order chi connectivity index (χ0) is 44.3. The average Bonchev–Trinajstić information content (AvgIpc) is 3.90. The highest BCUT2D eigenvalue weighted by Gasteiger charge is 2.40. The van der Waals surface area contributed by atoms with Crippen LogP contribution in [0.1, 0.15) is 92.7 Å². The maximum atomic E-state index is 14.4. The highest BCUT2D eigenvalue weighted by Crippen LogP contribution is 2.37. The van der Waals surface area contributed by atoms with Crippen LogP contribution in [0.15, 0.2) is 42.9 Å². The lowest BCUT2D eigenvalue weighted by atomic mass is 9.87. The summed E-state index contributed by atoms with van der Waals surface area (Å²) in [6, 6.07) is 7.36. The molecule has 1 aromatic carbocycles. The zero-order valence-electron chi connectivity index (χ0n) is 36.0. The van der Waals surface area contributed by atoms with E-state index in [1.807, 2.05) is 15.7 Å². The van der Waals surface area contributed by atoms with Crippen LogP contribution in [0.4, 0.5) is 16.2 Å². The predicted molar refractivity (Wildman–Crippen MR) is 230 cm³/mol. The molecule has 330 valence electrons. The number of hydrogen-bond acceptors (Lipinski definition) is 12. The van der Waals surface area contributed by atoms with Crippen LogP contribution in [0, 0.1) is 28.5 Å². The number of ether oxygens (including phenoxy) is 1. The van der Waals surface area contributed by atoms with Crippen LogP contribution in [0.5, 0.6) is 5.75 Å². The number of anilines is 2. The summed E-state index contributed by atoms with van der Waals surface area (Å²) in [5.41, 5.74) is 20.7. The number of halogens is 1. The number of fused-ring (bicyclic) bond motifs is 5. The lowest BCUT2D eigenvalue weighted by molar-refractivity contribution is -0.132. The SMILES string of the molecule is C[C@H]1Oc2cc(cnc2N)-c2c(nn(CC3CCN(C(=O)CCCN4C[C@H](NC(=O)[C@@H](N)CCCn5ccnc5N)C(C)(C)C4)CC3)c2C#N)CN(C)C(=O)c2ccc(F)cc21. The summed E-state index contributed by atoms with van der Waals surface area (Å²) in [6.07, 6.45) is 8.15. The molecular weight excluding hydrogens is 794 g/mol. The molecule has 2 fully saturated rings. The van der Waals surface area contributed by atoms with Crippen LogP contribution in [-0.2, 0) is 29.2 Å². The second kappa shape index (κ2) is 18.5. The maximum Gasteiger partial charge on any atom is 0.254 e. The molecule has 0 spiro atoms. The number of nitrogen functional groups attached to an aromatic ring is 2. The number of amides is 3. The first-order valence-corrected chi connectivity index (χ1v) is 21.4. The van der Waals surface area contributed by atoms with Gasteiger partial charge in [0, 0.05) is 99.6 Å². The molecule has 7 rings (SSSR count). The van der Waals surface area contributed by atoms with Gasteiger partial charge in [0.1, 0.15) is 23.7 Å². The first kappa shape index (κ1) is 44.0. The number of hydrogen-bond donors (Lipinski definition) is 4. The smallest absolute Gasteiger partial charge is 0.254 e. The monoisotopic (exact) mass is 851 g/mol. The lowest BCUT2D eigenvalue weighted by Gasteiger charge is -2.32. The van der Waals surface area contributed by atoms with Crippen molar-refractivity contribution in [3.8, 4) is 22.9 Å². The van der Waals surface area contributed by atoms with E-state index >= 15 is 0 Å². The van der Waals surface area contributed by atoms with Crippen molar-refractivity contribution < 1.29 is 23.5 Å². The third kappa shape index (κ3) is 9.68. The van der Waals surface area contributed by atoms with Crippen LogP contribution in [-0.4, -0.2) is 109 Å². The van der Waals surface area contributed by atoms with Crippen LogP contribution in [0.3, 0.4) is 0 Å². The molecule has 0 unspecified atom stereocenters. The standard InChI is InChI=1S/C44H58FN13O4/c1-27-32-20-30(45)9-10-31(32)42(61)54(4)24-34-39(29-19-36(62-27)40(48)51-22-29)35(21-46)58(53-34)23-28-11-16-56(17-12-28)38(59)8-6-14-55-25-37(44(2,3)26-55)52-41(60)33(47)7-5-15-57-18-13-50-43(57)49/h9-10,13,18-20,22,27-28,33,37H,5-8,11-12,14-17,23-26,47H2,1-4H3,(H2,48,51)(H2,49,50)(H,52,60)/t27-,33+,37+/m1/s1. The van der Waals surface area contributed by atoms with E-state index in [0.29, 0.717) is 92.4 Å². The molecule has 0 aliphatic carbocycles. The number of pyridine rings is 1. The Balaban J connectivity index is 0.926. The van der Waals surface area contributed by atoms with Crippen LogP contribution < -0.4 is 27.3 Å². The molecule has 3 aliphatic rings. The summed E-state index contributed by atoms with van der Waals surface area (Å²) < 4.78 is 24.1. The largest absolute Gasteiger partial charge is 0.482 e. The fourth-order valence-corrected chi connectivity index (χ4v) is 8.99. The number of nitrogens with two attached hydrogens (primary N) is 3. The van der Waals surface area contributed by atoms with Crippen molar-refractivity contribution in [3.05, 3.63) is 71.2 Å². The van der Waals surface area contributed by atoms with E-state index < -0.39 is 18.0 Å². The van der Waals surface area contributed by atoms with Crippen molar-refractivity contribution in [1.29, 1.82) is 5.26 Å². The van der Waals surface area contributed by atoms with E-state index in [1.54, 1.807) is 37.1 Å². The molecule has 2 saturated heterocycles. The fourth-order valence-electron chi connectivity index (χ4n) is 8.99. The Hall–Kier alpha value is -6.06. The van der Waals surface area contributed by atoms with E-state index in [9.17, 15) is 24.0 Å². The minimum atomic E-state index is -0.736. The Bertz CT molecular complexity index is 2330. The molecule has 7 N–H and O–H groups in total. The van der Waals surface area contributed by atoms with Gasteiger partial charge in [0.2, 0.25) is 11.8 Å². The third-order valence-corrected chi connectivity index (χ3v) is 12.6. The van der Waals surface area contributed by atoms with Crippen LogP contribution >= 0.6 is 0 Å². The number of nitrogens with zero attached hydrogens (tertiary/aromatic N) is 9. The molecule has 0 saturated carbocycles. The molecule has 4 aromatic rings. The van der Waals surface area contributed by atoms with E-state index in [4.69, 9.17) is 27.0 Å². The maximum absolute atomic E-state index is 14.4. The molecule has 6 heterocycles. The number of rotatable bonds is 12. The fraction of sp³-hybridized carbons (Fsp3) is 0.523. The summed E-state index contributed by atoms with van der Waals surface area (Å²) in [4.78, 5) is 54.3. The third-order valence-electron chi connectivity index (χ3n) is 12.6. The molecule has 17 nitrogen and oxygen atoms in total. The number of nitrogens with one attached hydrogen (secondary N) is 1. The Morgan fingerprint density at radius 2 is 1.90 bits per heavy atom. The number of benzene rings is 1. The van der Waals surface area contributed by atoms with Gasteiger partial charge in [-0.15, -0.1) is 0 Å². The highest BCUT2D eigenvalue weighted by molar-refractivity contribution is 5.96. The normalized spacial score (nSPS) is 19.7. The quantitative estimate of drug-likeness (QED) is 0.160. The van der Waals surface area contributed by atoms with Gasteiger partial charge in [0.05, 0.1) is 18.3 Å². The Labute approximate surface area is 361 Å². The van der Waals surface area contributed by atoms with Gasteiger partial charge in [-0.05, 0) is 81.2 Å². The predicted octanol–water partition coefficient (Wildman–Crippen LogP) is 3.70. The van der Waals surface area contributed by atoms with E-state index in [-0.39, 0.29) is 58.8 Å². The van der Waals surface area contributed by atoms with Gasteiger partial charge in [0.25, 0.3) is 5.91 Å². The van der Waals surface area contributed by atoms with Gasteiger partial charge < -0.3 is 46.5 Å². The Morgan fingerprint density at radius 3 is 2.63 bits per heavy atom. The van der Waals surface area contributed by atoms with Gasteiger partial charge in [-0.3, -0.25) is 19.1 Å². The number of piperidine rings is 1. The number of aryl methyl sites for hydroxylation is 1. The molecule has 3 aliphatic heterocycles. The van der Waals surface area contributed by atoms with Crippen molar-refractivity contribution in [2.45, 2.75) is 97.1 Å².